The van der Waals surface area contributed by atoms with Gasteiger partial charge < -0.3 is 10.2 Å². The van der Waals surface area contributed by atoms with Crippen LogP contribution >= 0.6 is 0 Å². The Morgan fingerprint density at radius 3 is 2.43 bits per heavy atom. The molecular weight excluding hydrogens is 344 g/mol. The van der Waals surface area contributed by atoms with Gasteiger partial charge >= 0.3 is 0 Å². The summed E-state index contributed by atoms with van der Waals surface area (Å²) in [6, 6.07) is 10.6. The third kappa shape index (κ3) is 2.67. The SMILES string of the molecule is C[C@]12CC[C@H](O)CC1CCC1C2CC[C@@]2(C)C1CC[C@@]2(O)Cc1ccccc1. The van der Waals surface area contributed by atoms with E-state index in [1.54, 1.807) is 0 Å². The highest BCUT2D eigenvalue weighted by Gasteiger charge is 2.64. The average Bonchev–Trinajstić information content (AvgIpc) is 2.94. The molecule has 4 saturated carbocycles. The van der Waals surface area contributed by atoms with Crippen LogP contribution in [0.15, 0.2) is 30.3 Å². The zero-order valence-electron chi connectivity index (χ0n) is 17.7. The molecule has 5 rings (SSSR count). The minimum atomic E-state index is -0.551. The number of rotatable bonds is 2. The molecule has 1 aromatic carbocycles. The zero-order chi connectivity index (χ0) is 19.6. The summed E-state index contributed by atoms with van der Waals surface area (Å²) in [5, 5.41) is 22.1. The maximum atomic E-state index is 11.9. The molecule has 8 atom stereocenters. The standard InChI is InChI=1S/C26H38O2/c1-24-13-10-20(27)16-19(24)8-9-21-22(24)11-14-25(2)23(21)12-15-26(25,28)17-18-6-4-3-5-7-18/h3-7,19-23,27-28H,8-17H2,1-2H3/t19?,20-,21?,22?,23?,24-,25-,26+/m0/s1. The Kier molecular flexibility index (Phi) is 4.49. The van der Waals surface area contributed by atoms with Crippen LogP contribution in [0.1, 0.15) is 77.2 Å². The number of hydrogen-bond acceptors (Lipinski definition) is 2. The summed E-state index contributed by atoms with van der Waals surface area (Å²) in [6.07, 6.45) is 11.2. The van der Waals surface area contributed by atoms with Gasteiger partial charge in [0.05, 0.1) is 11.7 Å². The van der Waals surface area contributed by atoms with Gasteiger partial charge in [0, 0.05) is 6.42 Å². The fourth-order valence-electron chi connectivity index (χ4n) is 8.57. The lowest BCUT2D eigenvalue weighted by molar-refractivity contribution is -0.158. The molecule has 4 fully saturated rings. The van der Waals surface area contributed by atoms with Gasteiger partial charge in [-0.15, -0.1) is 0 Å². The maximum Gasteiger partial charge on any atom is 0.0744 e. The van der Waals surface area contributed by atoms with E-state index >= 15 is 0 Å². The van der Waals surface area contributed by atoms with Crippen LogP contribution in [-0.4, -0.2) is 21.9 Å². The van der Waals surface area contributed by atoms with E-state index in [4.69, 9.17) is 0 Å². The Balaban J connectivity index is 1.41. The van der Waals surface area contributed by atoms with Crippen LogP contribution in [0.25, 0.3) is 0 Å². The van der Waals surface area contributed by atoms with Gasteiger partial charge in [-0.2, -0.15) is 0 Å². The largest absolute Gasteiger partial charge is 0.393 e. The Bertz CT molecular complexity index is 716. The van der Waals surface area contributed by atoms with Crippen LogP contribution in [0.4, 0.5) is 0 Å². The Morgan fingerprint density at radius 1 is 0.893 bits per heavy atom. The van der Waals surface area contributed by atoms with E-state index in [0.29, 0.717) is 17.3 Å². The molecule has 0 saturated heterocycles. The highest BCUT2D eigenvalue weighted by Crippen LogP contribution is 2.68. The third-order valence-corrected chi connectivity index (χ3v) is 10.3. The summed E-state index contributed by atoms with van der Waals surface area (Å²) in [5.41, 5.74) is 1.21. The Labute approximate surface area is 170 Å². The van der Waals surface area contributed by atoms with Crippen LogP contribution < -0.4 is 0 Å². The van der Waals surface area contributed by atoms with Crippen LogP contribution in [-0.2, 0) is 6.42 Å². The topological polar surface area (TPSA) is 40.5 Å². The second-order valence-electron chi connectivity index (χ2n) is 11.3. The van der Waals surface area contributed by atoms with Crippen LogP contribution in [0.3, 0.4) is 0 Å². The van der Waals surface area contributed by atoms with Gasteiger partial charge in [0.2, 0.25) is 0 Å². The molecule has 28 heavy (non-hydrogen) atoms. The molecule has 0 amide bonds. The normalized spacial score (nSPS) is 50.5. The van der Waals surface area contributed by atoms with Crippen molar-refractivity contribution in [2.24, 2.45) is 34.5 Å². The Morgan fingerprint density at radius 2 is 1.64 bits per heavy atom. The third-order valence-electron chi connectivity index (χ3n) is 10.3. The highest BCUT2D eigenvalue weighted by molar-refractivity contribution is 5.22. The van der Waals surface area contributed by atoms with Crippen molar-refractivity contribution in [3.63, 3.8) is 0 Å². The lowest BCUT2D eigenvalue weighted by atomic mass is 9.44. The lowest BCUT2D eigenvalue weighted by Gasteiger charge is -2.61. The molecule has 0 aliphatic heterocycles. The van der Waals surface area contributed by atoms with E-state index in [9.17, 15) is 10.2 Å². The molecule has 0 bridgehead atoms. The second kappa shape index (κ2) is 6.57. The van der Waals surface area contributed by atoms with Gasteiger partial charge in [-0.1, -0.05) is 44.2 Å². The number of benzene rings is 1. The first kappa shape index (κ1) is 19.1. The molecule has 0 radical (unpaired) electrons. The quantitative estimate of drug-likeness (QED) is 0.722. The molecular formula is C26H38O2. The molecule has 1 aromatic rings. The molecule has 154 valence electrons. The van der Waals surface area contributed by atoms with E-state index < -0.39 is 5.60 Å². The predicted octanol–water partition coefficient (Wildman–Crippen LogP) is 5.36. The van der Waals surface area contributed by atoms with Crippen molar-refractivity contribution >= 4 is 0 Å². The smallest absolute Gasteiger partial charge is 0.0744 e. The van der Waals surface area contributed by atoms with Gasteiger partial charge in [-0.25, -0.2) is 0 Å². The molecule has 0 aromatic heterocycles. The van der Waals surface area contributed by atoms with Crippen LogP contribution in [0.2, 0.25) is 0 Å². The van der Waals surface area contributed by atoms with E-state index in [-0.39, 0.29) is 11.5 Å². The number of aliphatic hydroxyl groups is 2. The summed E-state index contributed by atoms with van der Waals surface area (Å²) in [4.78, 5) is 0. The van der Waals surface area contributed by atoms with E-state index in [1.807, 2.05) is 0 Å². The Hall–Kier alpha value is -0.860. The minimum absolute atomic E-state index is 0.0569. The summed E-state index contributed by atoms with van der Waals surface area (Å²) < 4.78 is 0. The van der Waals surface area contributed by atoms with Gasteiger partial charge in [0.25, 0.3) is 0 Å². The van der Waals surface area contributed by atoms with Gasteiger partial charge in [0.1, 0.15) is 0 Å². The zero-order valence-corrected chi connectivity index (χ0v) is 17.7. The van der Waals surface area contributed by atoms with Crippen molar-refractivity contribution in [3.05, 3.63) is 35.9 Å². The summed E-state index contributed by atoms with van der Waals surface area (Å²) in [5.74, 6) is 2.96. The van der Waals surface area contributed by atoms with Crippen molar-refractivity contribution in [2.45, 2.75) is 89.8 Å². The number of aliphatic hydroxyl groups excluding tert-OH is 1. The first-order valence-corrected chi connectivity index (χ1v) is 11.8. The molecule has 0 heterocycles. The lowest BCUT2D eigenvalue weighted by Crippen LogP contribution is -2.57. The van der Waals surface area contributed by atoms with E-state index in [2.05, 4.69) is 44.2 Å². The second-order valence-corrected chi connectivity index (χ2v) is 11.3. The summed E-state index contributed by atoms with van der Waals surface area (Å²) in [7, 11) is 0. The minimum Gasteiger partial charge on any atom is -0.393 e. The summed E-state index contributed by atoms with van der Waals surface area (Å²) >= 11 is 0. The molecule has 0 spiro atoms. The fraction of sp³-hybridized carbons (Fsp3) is 0.769. The number of fused-ring (bicyclic) bond motifs is 5. The van der Waals surface area contributed by atoms with Crippen LogP contribution in [0.5, 0.6) is 0 Å². The van der Waals surface area contributed by atoms with Crippen molar-refractivity contribution in [3.8, 4) is 0 Å². The highest BCUT2D eigenvalue weighted by atomic mass is 16.3. The monoisotopic (exact) mass is 382 g/mol. The van der Waals surface area contributed by atoms with Gasteiger partial charge in [0.15, 0.2) is 0 Å². The van der Waals surface area contributed by atoms with Crippen molar-refractivity contribution in [1.82, 2.24) is 0 Å². The molecule has 4 unspecified atom stereocenters. The molecule has 2 N–H and O–H groups in total. The van der Waals surface area contributed by atoms with E-state index in [0.717, 1.165) is 37.5 Å². The molecule has 2 heteroatoms. The first-order chi connectivity index (χ1) is 13.4. The van der Waals surface area contributed by atoms with Gasteiger partial charge in [-0.3, -0.25) is 0 Å². The number of hydrogen-bond donors (Lipinski definition) is 2. The molecule has 4 aliphatic rings. The first-order valence-electron chi connectivity index (χ1n) is 11.8. The molecule has 4 aliphatic carbocycles. The van der Waals surface area contributed by atoms with Gasteiger partial charge in [-0.05, 0) is 97.9 Å². The van der Waals surface area contributed by atoms with Crippen molar-refractivity contribution in [2.75, 3.05) is 0 Å². The average molecular weight is 383 g/mol. The molecule has 2 nitrogen and oxygen atoms in total. The van der Waals surface area contributed by atoms with Crippen molar-refractivity contribution in [1.29, 1.82) is 0 Å². The maximum absolute atomic E-state index is 11.9. The van der Waals surface area contributed by atoms with E-state index in [1.165, 1.54) is 44.1 Å². The predicted molar refractivity (Wildman–Crippen MR) is 113 cm³/mol. The van der Waals surface area contributed by atoms with Crippen molar-refractivity contribution < 1.29 is 10.2 Å². The summed E-state index contributed by atoms with van der Waals surface area (Å²) in [6.45, 7) is 4.97. The fourth-order valence-corrected chi connectivity index (χ4v) is 8.57. The van der Waals surface area contributed by atoms with Crippen LogP contribution in [0, 0.1) is 34.5 Å².